The molecule has 1 amide bonds. The van der Waals surface area contributed by atoms with Crippen molar-refractivity contribution in [1.29, 1.82) is 0 Å². The number of nitrogens with one attached hydrogen (secondary N) is 1. The molecule has 98 valence electrons. The molecule has 0 aliphatic rings. The third-order valence-corrected chi connectivity index (χ3v) is 3.23. The van der Waals surface area contributed by atoms with Gasteiger partial charge in [-0.05, 0) is 43.7 Å². The molecule has 0 aromatic heterocycles. The first-order valence-corrected chi connectivity index (χ1v) is 6.23. The number of phenolic OH excluding ortho intramolecular Hbond substituents is 1. The van der Waals surface area contributed by atoms with Crippen LogP contribution in [0.15, 0.2) is 36.4 Å². The molecule has 0 aliphatic carbocycles. The summed E-state index contributed by atoms with van der Waals surface area (Å²) in [5.74, 6) is -0.158. The van der Waals surface area contributed by atoms with Gasteiger partial charge in [-0.2, -0.15) is 0 Å². The molecule has 0 bridgehead atoms. The summed E-state index contributed by atoms with van der Waals surface area (Å²) >= 11 is 5.91. The molecule has 2 aromatic carbocycles. The van der Waals surface area contributed by atoms with Gasteiger partial charge in [-0.25, -0.2) is 0 Å². The molecule has 19 heavy (non-hydrogen) atoms. The van der Waals surface area contributed by atoms with Crippen LogP contribution in [0, 0.1) is 13.8 Å². The van der Waals surface area contributed by atoms with Crippen LogP contribution in [0.3, 0.4) is 0 Å². The molecule has 0 aliphatic heterocycles. The maximum atomic E-state index is 12.2. The van der Waals surface area contributed by atoms with E-state index in [1.54, 1.807) is 37.3 Å². The van der Waals surface area contributed by atoms with E-state index in [0.717, 1.165) is 5.56 Å². The van der Waals surface area contributed by atoms with Crippen LogP contribution in [0.25, 0.3) is 0 Å². The zero-order chi connectivity index (χ0) is 14.0. The van der Waals surface area contributed by atoms with Crippen molar-refractivity contribution in [3.63, 3.8) is 0 Å². The molecule has 0 heterocycles. The number of hydrogen-bond acceptors (Lipinski definition) is 2. The van der Waals surface area contributed by atoms with E-state index in [2.05, 4.69) is 5.32 Å². The van der Waals surface area contributed by atoms with Crippen molar-refractivity contribution in [3.8, 4) is 5.75 Å². The van der Waals surface area contributed by atoms with Gasteiger partial charge >= 0.3 is 0 Å². The van der Waals surface area contributed by atoms with Crippen LogP contribution in [0.2, 0.25) is 5.02 Å². The first-order valence-electron chi connectivity index (χ1n) is 5.85. The van der Waals surface area contributed by atoms with E-state index < -0.39 is 0 Å². The van der Waals surface area contributed by atoms with Gasteiger partial charge in [-0.15, -0.1) is 0 Å². The maximum Gasteiger partial charge on any atom is 0.256 e. The van der Waals surface area contributed by atoms with Gasteiger partial charge in [0.1, 0.15) is 5.75 Å². The lowest BCUT2D eigenvalue weighted by Gasteiger charge is -2.11. The van der Waals surface area contributed by atoms with Crippen molar-refractivity contribution in [2.45, 2.75) is 13.8 Å². The Bertz CT molecular complexity index is 638. The van der Waals surface area contributed by atoms with E-state index in [1.165, 1.54) is 0 Å². The van der Waals surface area contributed by atoms with Crippen molar-refractivity contribution in [2.75, 3.05) is 5.32 Å². The molecule has 2 rings (SSSR count). The Hall–Kier alpha value is -2.00. The average Bonchev–Trinajstić information content (AvgIpc) is 2.37. The fourth-order valence-electron chi connectivity index (χ4n) is 1.79. The number of carbonyl (C=O) groups is 1. The third-order valence-electron chi connectivity index (χ3n) is 3.00. The lowest BCUT2D eigenvalue weighted by atomic mass is 10.1. The summed E-state index contributed by atoms with van der Waals surface area (Å²) in [7, 11) is 0. The Morgan fingerprint density at radius 2 is 1.95 bits per heavy atom. The van der Waals surface area contributed by atoms with Crippen molar-refractivity contribution in [3.05, 3.63) is 58.1 Å². The molecule has 3 nitrogen and oxygen atoms in total. The molecule has 0 spiro atoms. The molecular formula is C15H14ClNO2. The highest BCUT2D eigenvalue weighted by molar-refractivity contribution is 6.31. The Labute approximate surface area is 116 Å². The van der Waals surface area contributed by atoms with Crippen molar-refractivity contribution >= 4 is 23.2 Å². The van der Waals surface area contributed by atoms with E-state index >= 15 is 0 Å². The number of benzene rings is 2. The number of carbonyl (C=O) groups excluding carboxylic acids is 1. The van der Waals surface area contributed by atoms with Crippen molar-refractivity contribution in [1.82, 2.24) is 0 Å². The Morgan fingerprint density at radius 1 is 1.21 bits per heavy atom. The summed E-state index contributed by atoms with van der Waals surface area (Å²) in [6.45, 7) is 3.59. The first kappa shape index (κ1) is 13.4. The second kappa shape index (κ2) is 5.33. The Kier molecular flexibility index (Phi) is 3.76. The minimum atomic E-state index is -0.265. The lowest BCUT2D eigenvalue weighted by Crippen LogP contribution is -2.14. The molecule has 0 fully saturated rings. The van der Waals surface area contributed by atoms with Gasteiger partial charge in [0.05, 0.1) is 0 Å². The minimum absolute atomic E-state index is 0.107. The second-order valence-corrected chi connectivity index (χ2v) is 4.80. The standard InChI is InChI=1S/C15H14ClNO2/c1-9-6-7-11(16)8-13(9)17-15(19)12-4-3-5-14(18)10(12)2/h3-8,18H,1-2H3,(H,17,19). The fraction of sp³-hybridized carbons (Fsp3) is 0.133. The maximum absolute atomic E-state index is 12.2. The number of rotatable bonds is 2. The summed E-state index contributed by atoms with van der Waals surface area (Å²) in [4.78, 5) is 12.2. The van der Waals surface area contributed by atoms with Crippen LogP contribution in [0.1, 0.15) is 21.5 Å². The van der Waals surface area contributed by atoms with Gasteiger partial charge in [0.15, 0.2) is 0 Å². The number of aryl methyl sites for hydroxylation is 1. The number of halogens is 1. The van der Waals surface area contributed by atoms with E-state index in [1.807, 2.05) is 13.0 Å². The second-order valence-electron chi connectivity index (χ2n) is 4.36. The highest BCUT2D eigenvalue weighted by atomic mass is 35.5. The average molecular weight is 276 g/mol. The van der Waals surface area contributed by atoms with E-state index in [0.29, 0.717) is 21.8 Å². The smallest absolute Gasteiger partial charge is 0.256 e. The molecule has 0 atom stereocenters. The summed E-state index contributed by atoms with van der Waals surface area (Å²) < 4.78 is 0. The fourth-order valence-corrected chi connectivity index (χ4v) is 1.96. The van der Waals surface area contributed by atoms with Gasteiger partial charge < -0.3 is 10.4 Å². The molecule has 0 unspecified atom stereocenters. The van der Waals surface area contributed by atoms with Crippen molar-refractivity contribution < 1.29 is 9.90 Å². The predicted octanol–water partition coefficient (Wildman–Crippen LogP) is 3.91. The molecule has 2 aromatic rings. The van der Waals surface area contributed by atoms with E-state index in [-0.39, 0.29) is 11.7 Å². The normalized spacial score (nSPS) is 10.3. The number of anilines is 1. The molecule has 2 N–H and O–H groups in total. The van der Waals surface area contributed by atoms with Gasteiger partial charge in [0.25, 0.3) is 5.91 Å². The molecular weight excluding hydrogens is 262 g/mol. The summed E-state index contributed by atoms with van der Waals surface area (Å²) in [6, 6.07) is 10.2. The van der Waals surface area contributed by atoms with Crippen LogP contribution >= 0.6 is 11.6 Å². The van der Waals surface area contributed by atoms with Crippen LogP contribution in [0.4, 0.5) is 5.69 Å². The monoisotopic (exact) mass is 275 g/mol. The summed E-state index contributed by atoms with van der Waals surface area (Å²) in [5, 5.41) is 13.0. The van der Waals surface area contributed by atoms with Crippen LogP contribution in [0.5, 0.6) is 5.75 Å². The Balaban J connectivity index is 2.31. The number of amides is 1. The molecule has 0 radical (unpaired) electrons. The minimum Gasteiger partial charge on any atom is -0.508 e. The topological polar surface area (TPSA) is 49.3 Å². The molecule has 0 saturated heterocycles. The largest absolute Gasteiger partial charge is 0.508 e. The highest BCUT2D eigenvalue weighted by Gasteiger charge is 2.12. The van der Waals surface area contributed by atoms with Crippen LogP contribution in [-0.4, -0.2) is 11.0 Å². The zero-order valence-electron chi connectivity index (χ0n) is 10.7. The Morgan fingerprint density at radius 3 is 2.68 bits per heavy atom. The predicted molar refractivity (Wildman–Crippen MR) is 77.0 cm³/mol. The quantitative estimate of drug-likeness (QED) is 0.873. The summed E-state index contributed by atoms with van der Waals surface area (Å²) in [6.07, 6.45) is 0. The van der Waals surface area contributed by atoms with Crippen LogP contribution < -0.4 is 5.32 Å². The van der Waals surface area contributed by atoms with Crippen molar-refractivity contribution in [2.24, 2.45) is 0 Å². The van der Waals surface area contributed by atoms with Gasteiger partial charge in [0, 0.05) is 21.8 Å². The van der Waals surface area contributed by atoms with E-state index in [4.69, 9.17) is 11.6 Å². The molecule has 4 heteroatoms. The van der Waals surface area contributed by atoms with Gasteiger partial charge in [0.2, 0.25) is 0 Å². The zero-order valence-corrected chi connectivity index (χ0v) is 11.5. The SMILES string of the molecule is Cc1ccc(Cl)cc1NC(=O)c1cccc(O)c1C. The number of phenols is 1. The van der Waals surface area contributed by atoms with Gasteiger partial charge in [-0.1, -0.05) is 23.7 Å². The lowest BCUT2D eigenvalue weighted by molar-refractivity contribution is 0.102. The van der Waals surface area contributed by atoms with Gasteiger partial charge in [-0.3, -0.25) is 4.79 Å². The third kappa shape index (κ3) is 2.88. The molecule has 0 saturated carbocycles. The highest BCUT2D eigenvalue weighted by Crippen LogP contribution is 2.23. The van der Waals surface area contributed by atoms with E-state index in [9.17, 15) is 9.90 Å². The van der Waals surface area contributed by atoms with Crippen LogP contribution in [-0.2, 0) is 0 Å². The number of aromatic hydroxyl groups is 1. The number of hydrogen-bond donors (Lipinski definition) is 2. The summed E-state index contributed by atoms with van der Waals surface area (Å²) in [5.41, 5.74) is 2.59. The first-order chi connectivity index (χ1) is 8.99.